The van der Waals surface area contributed by atoms with Gasteiger partial charge >= 0.3 is 5.97 Å². The zero-order chi connectivity index (χ0) is 20.8. The van der Waals surface area contributed by atoms with Crippen molar-refractivity contribution in [1.29, 1.82) is 0 Å². The van der Waals surface area contributed by atoms with Crippen molar-refractivity contribution in [2.24, 2.45) is 0 Å². The number of hydrogen-bond donors (Lipinski definition) is 2. The van der Waals surface area contributed by atoms with Crippen molar-refractivity contribution in [1.82, 2.24) is 5.32 Å². The zero-order valence-corrected chi connectivity index (χ0v) is 16.7. The van der Waals surface area contributed by atoms with E-state index in [1.165, 1.54) is 21.3 Å². The van der Waals surface area contributed by atoms with E-state index >= 15 is 0 Å². The molecule has 1 amide bonds. The maximum absolute atomic E-state index is 12.7. The number of aromatic hydroxyl groups is 1. The van der Waals surface area contributed by atoms with E-state index < -0.39 is 17.9 Å². The summed E-state index contributed by atoms with van der Waals surface area (Å²) in [6.07, 6.45) is -0.0449. The fourth-order valence-corrected chi connectivity index (χ4v) is 3.03. The summed E-state index contributed by atoms with van der Waals surface area (Å²) < 4.78 is 15.5. The molecule has 0 aliphatic heterocycles. The molecule has 0 heterocycles. The lowest BCUT2D eigenvalue weighted by molar-refractivity contribution is -0.145. The SMILES string of the molecule is COC(=O)C(NC(=O)Cc1c(OC)cccc1OC)c1cc(C)c(O)c(C)c1. The third-order valence-corrected chi connectivity index (χ3v) is 4.46. The van der Waals surface area contributed by atoms with Crippen LogP contribution >= 0.6 is 0 Å². The van der Waals surface area contributed by atoms with Crippen LogP contribution in [0.4, 0.5) is 0 Å². The molecule has 150 valence electrons. The number of esters is 1. The van der Waals surface area contributed by atoms with Gasteiger partial charge in [-0.2, -0.15) is 0 Å². The van der Waals surface area contributed by atoms with Gasteiger partial charge in [-0.1, -0.05) is 6.07 Å². The minimum absolute atomic E-state index is 0.0449. The van der Waals surface area contributed by atoms with Crippen molar-refractivity contribution < 1.29 is 28.9 Å². The van der Waals surface area contributed by atoms with Gasteiger partial charge in [-0.25, -0.2) is 4.79 Å². The molecule has 2 aromatic rings. The lowest BCUT2D eigenvalue weighted by Crippen LogP contribution is -2.35. The summed E-state index contributed by atoms with van der Waals surface area (Å²) in [5.41, 5.74) is 2.31. The Kier molecular flexibility index (Phi) is 6.87. The third kappa shape index (κ3) is 4.54. The number of amides is 1. The Labute approximate surface area is 164 Å². The first-order valence-corrected chi connectivity index (χ1v) is 8.69. The van der Waals surface area contributed by atoms with Gasteiger partial charge in [0.05, 0.1) is 27.8 Å². The highest BCUT2D eigenvalue weighted by atomic mass is 16.5. The number of nitrogens with one attached hydrogen (secondary N) is 1. The standard InChI is InChI=1S/C21H25NO6/c1-12-9-14(10-13(2)20(12)24)19(21(25)28-5)22-18(23)11-15-16(26-3)7-6-8-17(15)27-4/h6-10,19,24H,11H2,1-5H3,(H,22,23). The number of ether oxygens (including phenoxy) is 3. The summed E-state index contributed by atoms with van der Waals surface area (Å²) in [7, 11) is 4.27. The highest BCUT2D eigenvalue weighted by Gasteiger charge is 2.26. The number of carbonyl (C=O) groups excluding carboxylic acids is 2. The molecule has 0 fully saturated rings. The fourth-order valence-electron chi connectivity index (χ4n) is 3.03. The Morgan fingerprint density at radius 1 is 1.04 bits per heavy atom. The molecule has 0 aromatic heterocycles. The van der Waals surface area contributed by atoms with Crippen molar-refractivity contribution in [3.8, 4) is 17.2 Å². The number of hydrogen-bond acceptors (Lipinski definition) is 6. The van der Waals surface area contributed by atoms with Crippen LogP contribution in [0.15, 0.2) is 30.3 Å². The monoisotopic (exact) mass is 387 g/mol. The maximum atomic E-state index is 12.7. The van der Waals surface area contributed by atoms with Gasteiger partial charge in [0.25, 0.3) is 0 Å². The minimum Gasteiger partial charge on any atom is -0.507 e. The topological polar surface area (TPSA) is 94.1 Å². The van der Waals surface area contributed by atoms with Gasteiger partial charge < -0.3 is 24.6 Å². The lowest BCUT2D eigenvalue weighted by Gasteiger charge is -2.19. The number of methoxy groups -OCH3 is 3. The minimum atomic E-state index is -1.00. The average Bonchev–Trinajstić information content (AvgIpc) is 2.69. The van der Waals surface area contributed by atoms with Crippen molar-refractivity contribution >= 4 is 11.9 Å². The summed E-state index contributed by atoms with van der Waals surface area (Å²) in [4.78, 5) is 25.0. The largest absolute Gasteiger partial charge is 0.507 e. The number of aryl methyl sites for hydroxylation is 2. The lowest BCUT2D eigenvalue weighted by atomic mass is 9.99. The summed E-state index contributed by atoms with van der Waals surface area (Å²) in [5.74, 6) is 0.171. The Morgan fingerprint density at radius 2 is 1.57 bits per heavy atom. The summed E-state index contributed by atoms with van der Waals surface area (Å²) in [6.45, 7) is 3.45. The molecule has 0 aliphatic carbocycles. The van der Waals surface area contributed by atoms with Crippen LogP contribution in [0.3, 0.4) is 0 Å². The highest BCUT2D eigenvalue weighted by Crippen LogP contribution is 2.30. The van der Waals surface area contributed by atoms with E-state index in [4.69, 9.17) is 14.2 Å². The Bertz CT molecular complexity index is 832. The molecule has 1 unspecified atom stereocenters. The van der Waals surface area contributed by atoms with E-state index in [1.807, 2.05) is 0 Å². The van der Waals surface area contributed by atoms with Crippen LogP contribution in [0.25, 0.3) is 0 Å². The number of carbonyl (C=O) groups is 2. The van der Waals surface area contributed by atoms with Gasteiger partial charge in [0, 0.05) is 5.56 Å². The predicted octanol–water partition coefficient (Wildman–Crippen LogP) is 2.60. The molecule has 0 radical (unpaired) electrons. The van der Waals surface area contributed by atoms with Crippen molar-refractivity contribution in [2.45, 2.75) is 26.3 Å². The fraction of sp³-hybridized carbons (Fsp3) is 0.333. The van der Waals surface area contributed by atoms with Gasteiger partial charge in [0.15, 0.2) is 6.04 Å². The van der Waals surface area contributed by atoms with Gasteiger partial charge in [-0.05, 0) is 54.8 Å². The van der Waals surface area contributed by atoms with Gasteiger partial charge in [0.1, 0.15) is 17.2 Å². The highest BCUT2D eigenvalue weighted by molar-refractivity contribution is 5.87. The molecule has 2 N–H and O–H groups in total. The molecule has 7 nitrogen and oxygen atoms in total. The normalized spacial score (nSPS) is 11.5. The number of benzene rings is 2. The molecule has 28 heavy (non-hydrogen) atoms. The van der Waals surface area contributed by atoms with Gasteiger partial charge in [-0.3, -0.25) is 4.79 Å². The second kappa shape index (κ2) is 9.12. The summed E-state index contributed by atoms with van der Waals surface area (Å²) in [6, 6.07) is 7.52. The van der Waals surface area contributed by atoms with Crippen molar-refractivity contribution in [3.63, 3.8) is 0 Å². The second-order valence-corrected chi connectivity index (χ2v) is 6.34. The maximum Gasteiger partial charge on any atom is 0.333 e. The van der Waals surface area contributed by atoms with Crippen molar-refractivity contribution in [2.75, 3.05) is 21.3 Å². The van der Waals surface area contributed by atoms with Gasteiger partial charge in [-0.15, -0.1) is 0 Å². The quantitative estimate of drug-likeness (QED) is 0.710. The first-order chi connectivity index (χ1) is 13.3. The summed E-state index contributed by atoms with van der Waals surface area (Å²) >= 11 is 0. The predicted molar refractivity (Wildman–Crippen MR) is 104 cm³/mol. The molecule has 7 heteroatoms. The molecule has 1 atom stereocenters. The molecule has 0 aliphatic rings. The number of phenols is 1. The molecular formula is C21H25NO6. The molecule has 0 spiro atoms. The van der Waals surface area contributed by atoms with E-state index in [9.17, 15) is 14.7 Å². The average molecular weight is 387 g/mol. The third-order valence-electron chi connectivity index (χ3n) is 4.46. The van der Waals surface area contributed by atoms with E-state index in [1.54, 1.807) is 44.2 Å². The van der Waals surface area contributed by atoms with Crippen LogP contribution in [0.2, 0.25) is 0 Å². The number of phenolic OH excluding ortho intramolecular Hbond substituents is 1. The van der Waals surface area contributed by atoms with Gasteiger partial charge in [0.2, 0.25) is 5.91 Å². The van der Waals surface area contributed by atoms with Crippen LogP contribution in [-0.2, 0) is 20.7 Å². The molecule has 2 rings (SSSR count). The number of rotatable bonds is 7. The first kappa shape index (κ1) is 21.1. The Hall–Kier alpha value is -3.22. The Balaban J connectivity index is 2.32. The molecule has 0 bridgehead atoms. The van der Waals surface area contributed by atoms with Crippen LogP contribution in [0.1, 0.15) is 28.3 Å². The second-order valence-electron chi connectivity index (χ2n) is 6.34. The van der Waals surface area contributed by atoms with Crippen LogP contribution < -0.4 is 14.8 Å². The van der Waals surface area contributed by atoms with E-state index in [2.05, 4.69) is 5.32 Å². The Morgan fingerprint density at radius 3 is 2.04 bits per heavy atom. The summed E-state index contributed by atoms with van der Waals surface area (Å²) in [5, 5.41) is 12.7. The molecule has 0 saturated carbocycles. The molecule has 0 saturated heterocycles. The van der Waals surface area contributed by atoms with Crippen LogP contribution in [-0.4, -0.2) is 38.3 Å². The van der Waals surface area contributed by atoms with E-state index in [0.717, 1.165) is 0 Å². The molecular weight excluding hydrogens is 362 g/mol. The van der Waals surface area contributed by atoms with E-state index in [0.29, 0.717) is 33.8 Å². The van der Waals surface area contributed by atoms with Crippen LogP contribution in [0, 0.1) is 13.8 Å². The smallest absolute Gasteiger partial charge is 0.333 e. The van der Waals surface area contributed by atoms with E-state index in [-0.39, 0.29) is 12.2 Å². The zero-order valence-electron chi connectivity index (χ0n) is 16.7. The first-order valence-electron chi connectivity index (χ1n) is 8.69. The van der Waals surface area contributed by atoms with Crippen molar-refractivity contribution in [3.05, 3.63) is 52.6 Å². The van der Waals surface area contributed by atoms with Crippen LogP contribution in [0.5, 0.6) is 17.2 Å². The molecule has 2 aromatic carbocycles.